The Kier molecular flexibility index (Phi) is 2.32. The Morgan fingerprint density at radius 1 is 1.25 bits per heavy atom. The van der Waals surface area contributed by atoms with Crippen molar-refractivity contribution in [3.63, 3.8) is 0 Å². The first kappa shape index (κ1) is 10.0. The predicted octanol–water partition coefficient (Wildman–Crippen LogP) is 4.18. The maximum atomic E-state index is 9.55. The normalized spacial score (nSPS) is 17.3. The summed E-state index contributed by atoms with van der Waals surface area (Å²) in [5, 5.41) is 10.9. The molecule has 1 heterocycles. The Bertz CT molecular complexity index is 526. The molecule has 1 aromatic carbocycles. The zero-order chi connectivity index (χ0) is 11.1. The van der Waals surface area contributed by atoms with Crippen LogP contribution in [0.5, 0.6) is 5.75 Å². The maximum Gasteiger partial charge on any atom is 0.134 e. The van der Waals surface area contributed by atoms with Crippen LogP contribution in [0.1, 0.15) is 37.3 Å². The molecule has 1 aliphatic carbocycles. The fourth-order valence-electron chi connectivity index (χ4n) is 2.64. The van der Waals surface area contributed by atoms with Crippen LogP contribution in [0.3, 0.4) is 0 Å². The largest absolute Gasteiger partial charge is 0.506 e. The van der Waals surface area contributed by atoms with Gasteiger partial charge in [-0.05, 0) is 37.0 Å². The van der Waals surface area contributed by atoms with E-state index in [0.717, 1.165) is 10.9 Å². The number of benzene rings is 1. The van der Waals surface area contributed by atoms with Crippen LogP contribution in [0, 0.1) is 0 Å². The van der Waals surface area contributed by atoms with Gasteiger partial charge in [0.05, 0.1) is 5.02 Å². The van der Waals surface area contributed by atoms with Crippen molar-refractivity contribution in [2.45, 2.75) is 31.6 Å². The molecule has 0 unspecified atom stereocenters. The molecule has 0 amide bonds. The molecule has 0 atom stereocenters. The van der Waals surface area contributed by atoms with Crippen molar-refractivity contribution in [1.29, 1.82) is 0 Å². The van der Waals surface area contributed by atoms with E-state index in [9.17, 15) is 5.11 Å². The molecule has 1 aliphatic rings. The number of H-pyrrole nitrogens is 1. The molecule has 0 bridgehead atoms. The highest BCUT2D eigenvalue weighted by Gasteiger charge is 2.19. The minimum absolute atomic E-state index is 0.158. The number of aromatic amines is 1. The van der Waals surface area contributed by atoms with Crippen LogP contribution >= 0.6 is 11.6 Å². The summed E-state index contributed by atoms with van der Waals surface area (Å²) in [6, 6.07) is 5.61. The molecule has 1 aromatic heterocycles. The molecule has 3 rings (SSSR count). The number of phenolic OH excluding ortho intramolecular Hbond substituents is 1. The van der Waals surface area contributed by atoms with Gasteiger partial charge in [0, 0.05) is 16.6 Å². The molecule has 0 aliphatic heterocycles. The molecule has 84 valence electrons. The second-order valence-corrected chi connectivity index (χ2v) is 4.94. The molecule has 16 heavy (non-hydrogen) atoms. The molecule has 2 N–H and O–H groups in total. The van der Waals surface area contributed by atoms with Crippen molar-refractivity contribution in [3.8, 4) is 5.75 Å². The summed E-state index contributed by atoms with van der Waals surface area (Å²) < 4.78 is 0. The number of rotatable bonds is 1. The molecular formula is C13H14ClNO. The van der Waals surface area contributed by atoms with Crippen LogP contribution in [0.25, 0.3) is 10.9 Å². The fraction of sp³-hybridized carbons (Fsp3) is 0.385. The lowest BCUT2D eigenvalue weighted by molar-refractivity contribution is 0.476. The van der Waals surface area contributed by atoms with Crippen molar-refractivity contribution in [3.05, 3.63) is 28.9 Å². The van der Waals surface area contributed by atoms with E-state index in [2.05, 4.69) is 11.1 Å². The maximum absolute atomic E-state index is 9.55. The smallest absolute Gasteiger partial charge is 0.134 e. The molecule has 3 heteroatoms. The number of halogens is 1. The topological polar surface area (TPSA) is 36.0 Å². The Morgan fingerprint density at radius 3 is 2.75 bits per heavy atom. The molecular weight excluding hydrogens is 222 g/mol. The quantitative estimate of drug-likeness (QED) is 0.764. The fourth-order valence-corrected chi connectivity index (χ4v) is 2.85. The van der Waals surface area contributed by atoms with Crippen LogP contribution < -0.4 is 0 Å². The van der Waals surface area contributed by atoms with Gasteiger partial charge in [-0.2, -0.15) is 0 Å². The monoisotopic (exact) mass is 235 g/mol. The minimum atomic E-state index is 0.158. The van der Waals surface area contributed by atoms with E-state index in [1.54, 1.807) is 6.07 Å². The van der Waals surface area contributed by atoms with E-state index < -0.39 is 0 Å². The summed E-state index contributed by atoms with van der Waals surface area (Å²) in [6.45, 7) is 0. The zero-order valence-corrected chi connectivity index (χ0v) is 9.72. The molecule has 0 saturated heterocycles. The number of nitrogens with one attached hydrogen (secondary N) is 1. The molecule has 2 aromatic rings. The number of fused-ring (bicyclic) bond motifs is 1. The third kappa shape index (κ3) is 1.49. The highest BCUT2D eigenvalue weighted by atomic mass is 35.5. The Hall–Kier alpha value is -1.15. The van der Waals surface area contributed by atoms with Crippen molar-refractivity contribution >= 4 is 22.5 Å². The Morgan fingerprint density at radius 2 is 2.00 bits per heavy atom. The van der Waals surface area contributed by atoms with Gasteiger partial charge < -0.3 is 10.1 Å². The lowest BCUT2D eigenvalue weighted by atomic mass is 10.0. The summed E-state index contributed by atoms with van der Waals surface area (Å²) in [4.78, 5) is 3.41. The van der Waals surface area contributed by atoms with Gasteiger partial charge in [-0.3, -0.25) is 0 Å². The predicted molar refractivity (Wildman–Crippen MR) is 66.2 cm³/mol. The van der Waals surface area contributed by atoms with Crippen LogP contribution in [0.2, 0.25) is 5.02 Å². The van der Waals surface area contributed by atoms with E-state index in [1.807, 2.05) is 6.07 Å². The van der Waals surface area contributed by atoms with Crippen molar-refractivity contribution in [2.75, 3.05) is 0 Å². The SMILES string of the molecule is Oc1ccc2[nH]c(C3CCCC3)cc2c1Cl. The average molecular weight is 236 g/mol. The third-order valence-electron chi connectivity index (χ3n) is 3.53. The summed E-state index contributed by atoms with van der Waals surface area (Å²) in [5.41, 5.74) is 2.28. The Labute approximate surface area is 99.2 Å². The number of phenols is 1. The first-order chi connectivity index (χ1) is 7.75. The van der Waals surface area contributed by atoms with Crippen LogP contribution in [0.4, 0.5) is 0 Å². The summed E-state index contributed by atoms with van der Waals surface area (Å²) >= 11 is 6.08. The van der Waals surface area contributed by atoms with Gasteiger partial charge in [0.2, 0.25) is 0 Å². The van der Waals surface area contributed by atoms with Gasteiger partial charge in [0.1, 0.15) is 5.75 Å². The van der Waals surface area contributed by atoms with Crippen LogP contribution in [-0.4, -0.2) is 10.1 Å². The first-order valence-corrected chi connectivity index (χ1v) is 6.13. The van der Waals surface area contributed by atoms with Crippen molar-refractivity contribution < 1.29 is 5.11 Å². The van der Waals surface area contributed by atoms with E-state index in [-0.39, 0.29) is 5.75 Å². The van der Waals surface area contributed by atoms with Crippen molar-refractivity contribution in [1.82, 2.24) is 4.98 Å². The van der Waals surface area contributed by atoms with E-state index in [4.69, 9.17) is 11.6 Å². The minimum Gasteiger partial charge on any atom is -0.506 e. The molecule has 1 saturated carbocycles. The highest BCUT2D eigenvalue weighted by Crippen LogP contribution is 2.38. The molecule has 1 fully saturated rings. The summed E-state index contributed by atoms with van der Waals surface area (Å²) in [6.07, 6.45) is 5.16. The molecule has 0 spiro atoms. The lowest BCUT2D eigenvalue weighted by Crippen LogP contribution is -1.90. The summed E-state index contributed by atoms with van der Waals surface area (Å²) in [7, 11) is 0. The number of aromatic nitrogens is 1. The molecule has 0 radical (unpaired) electrons. The average Bonchev–Trinajstić information content (AvgIpc) is 2.91. The van der Waals surface area contributed by atoms with Gasteiger partial charge in [-0.15, -0.1) is 0 Å². The van der Waals surface area contributed by atoms with Gasteiger partial charge in [0.25, 0.3) is 0 Å². The van der Waals surface area contributed by atoms with Crippen molar-refractivity contribution in [2.24, 2.45) is 0 Å². The van der Waals surface area contributed by atoms with Gasteiger partial charge >= 0.3 is 0 Å². The van der Waals surface area contributed by atoms with Gasteiger partial charge in [0.15, 0.2) is 0 Å². The van der Waals surface area contributed by atoms with E-state index in [1.165, 1.54) is 31.4 Å². The second-order valence-electron chi connectivity index (χ2n) is 4.57. The van der Waals surface area contributed by atoms with E-state index >= 15 is 0 Å². The van der Waals surface area contributed by atoms with Crippen LogP contribution in [-0.2, 0) is 0 Å². The summed E-state index contributed by atoms with van der Waals surface area (Å²) in [5.74, 6) is 0.803. The lowest BCUT2D eigenvalue weighted by Gasteiger charge is -2.04. The highest BCUT2D eigenvalue weighted by molar-refractivity contribution is 6.36. The first-order valence-electron chi connectivity index (χ1n) is 5.76. The standard InChI is InChI=1S/C13H14ClNO/c14-13-9-7-11(8-3-1-2-4-8)15-10(9)5-6-12(13)16/h5-8,15-16H,1-4H2. The Balaban J connectivity index is 2.11. The second kappa shape index (κ2) is 3.70. The van der Waals surface area contributed by atoms with Gasteiger partial charge in [-0.25, -0.2) is 0 Å². The number of hydrogen-bond acceptors (Lipinski definition) is 1. The number of aromatic hydroxyl groups is 1. The number of hydrogen-bond donors (Lipinski definition) is 2. The third-order valence-corrected chi connectivity index (χ3v) is 3.93. The van der Waals surface area contributed by atoms with E-state index in [0.29, 0.717) is 10.9 Å². The van der Waals surface area contributed by atoms with Gasteiger partial charge in [-0.1, -0.05) is 24.4 Å². The zero-order valence-electron chi connectivity index (χ0n) is 8.96. The van der Waals surface area contributed by atoms with Crippen LogP contribution in [0.15, 0.2) is 18.2 Å². The molecule has 2 nitrogen and oxygen atoms in total.